The number of nitrogens with zero attached hydrogens (tertiary/aromatic N) is 3. The third-order valence-corrected chi connectivity index (χ3v) is 3.89. The first-order chi connectivity index (χ1) is 11.7. The molecule has 0 saturated carbocycles. The summed E-state index contributed by atoms with van der Waals surface area (Å²) in [6, 6.07) is 4.07. The highest BCUT2D eigenvalue weighted by Gasteiger charge is 2.30. The number of aliphatic hydroxyl groups is 1. The Morgan fingerprint density at radius 1 is 1.32 bits per heavy atom. The van der Waals surface area contributed by atoms with E-state index in [2.05, 4.69) is 15.1 Å². The maximum atomic E-state index is 12.7. The lowest BCUT2D eigenvalue weighted by Crippen LogP contribution is -2.14. The molecular weight excluding hydrogens is 339 g/mol. The number of halogens is 3. The summed E-state index contributed by atoms with van der Waals surface area (Å²) in [4.78, 5) is 18.4. The zero-order valence-corrected chi connectivity index (χ0v) is 13.0. The minimum absolute atomic E-state index is 0.0930. The van der Waals surface area contributed by atoms with Crippen molar-refractivity contribution in [3.8, 4) is 0 Å². The Bertz CT molecular complexity index is 976. The van der Waals surface area contributed by atoms with Crippen LogP contribution in [0.2, 0.25) is 0 Å². The Labute approximate surface area is 138 Å². The molecule has 0 aliphatic carbocycles. The summed E-state index contributed by atoms with van der Waals surface area (Å²) in [6.07, 6.45) is -4.42. The van der Waals surface area contributed by atoms with Crippen molar-refractivity contribution < 1.29 is 18.3 Å². The summed E-state index contributed by atoms with van der Waals surface area (Å²) >= 11 is 0. The molecule has 0 saturated heterocycles. The van der Waals surface area contributed by atoms with Gasteiger partial charge in [0.2, 0.25) is 5.95 Å². The van der Waals surface area contributed by atoms with Crippen LogP contribution in [0.5, 0.6) is 0 Å². The van der Waals surface area contributed by atoms with Crippen LogP contribution in [0.1, 0.15) is 29.8 Å². The van der Waals surface area contributed by atoms with E-state index in [4.69, 9.17) is 5.73 Å². The van der Waals surface area contributed by atoms with Crippen LogP contribution in [0.3, 0.4) is 0 Å². The van der Waals surface area contributed by atoms with Gasteiger partial charge in [-0.1, -0.05) is 12.1 Å². The van der Waals surface area contributed by atoms with Crippen LogP contribution in [0.15, 0.2) is 29.1 Å². The third-order valence-electron chi connectivity index (χ3n) is 3.89. The number of aromatic nitrogens is 4. The van der Waals surface area contributed by atoms with Crippen LogP contribution in [-0.2, 0) is 12.8 Å². The van der Waals surface area contributed by atoms with Gasteiger partial charge in [-0.25, -0.2) is 4.68 Å². The molecule has 2 heterocycles. The first kappa shape index (κ1) is 17.0. The molecule has 2 aromatic heterocycles. The fourth-order valence-electron chi connectivity index (χ4n) is 2.60. The van der Waals surface area contributed by atoms with Gasteiger partial charge in [0.1, 0.15) is 11.1 Å². The highest BCUT2D eigenvalue weighted by molar-refractivity contribution is 5.78. The van der Waals surface area contributed by atoms with E-state index in [1.165, 1.54) is 16.8 Å². The molecule has 10 heteroatoms. The quantitative estimate of drug-likeness (QED) is 0.665. The molecule has 3 rings (SSSR count). The maximum Gasteiger partial charge on any atom is 0.416 e. The number of hydrogen-bond acceptors (Lipinski definition) is 5. The molecule has 0 aliphatic rings. The van der Waals surface area contributed by atoms with Crippen molar-refractivity contribution in [2.45, 2.75) is 25.7 Å². The van der Waals surface area contributed by atoms with Crippen molar-refractivity contribution in [2.24, 2.45) is 0 Å². The van der Waals surface area contributed by atoms with Gasteiger partial charge in [0.25, 0.3) is 5.56 Å². The van der Waals surface area contributed by atoms with Crippen LogP contribution < -0.4 is 11.3 Å². The summed E-state index contributed by atoms with van der Waals surface area (Å²) in [5.41, 5.74) is 5.05. The predicted molar refractivity (Wildman–Crippen MR) is 83.7 cm³/mol. The van der Waals surface area contributed by atoms with Crippen LogP contribution in [0, 0.1) is 0 Å². The number of nitrogens with two attached hydrogens (primary N) is 1. The molecule has 0 radical (unpaired) electrons. The summed E-state index contributed by atoms with van der Waals surface area (Å²) in [5, 5.41) is 13.7. The minimum atomic E-state index is -4.42. The average molecular weight is 353 g/mol. The predicted octanol–water partition coefficient (Wildman–Crippen LogP) is 1.82. The van der Waals surface area contributed by atoms with Crippen molar-refractivity contribution in [1.29, 1.82) is 0 Å². The third kappa shape index (κ3) is 2.95. The van der Waals surface area contributed by atoms with Gasteiger partial charge in [0, 0.05) is 0 Å². The van der Waals surface area contributed by atoms with Crippen molar-refractivity contribution in [2.75, 3.05) is 5.73 Å². The Hall–Kier alpha value is -2.88. The molecule has 0 spiro atoms. The molecule has 25 heavy (non-hydrogen) atoms. The summed E-state index contributed by atoms with van der Waals surface area (Å²) in [6.45, 7) is 1.20. The summed E-state index contributed by atoms with van der Waals surface area (Å²) < 4.78 is 39.4. The topological polar surface area (TPSA) is 110 Å². The smallest absolute Gasteiger partial charge is 0.390 e. The van der Waals surface area contributed by atoms with Gasteiger partial charge >= 0.3 is 6.18 Å². The van der Waals surface area contributed by atoms with Gasteiger partial charge in [-0.2, -0.15) is 23.3 Å². The number of nitrogens with one attached hydrogen (secondary N) is 1. The lowest BCUT2D eigenvalue weighted by atomic mass is 10.1. The maximum absolute atomic E-state index is 12.7. The lowest BCUT2D eigenvalue weighted by molar-refractivity contribution is -0.137. The second-order valence-electron chi connectivity index (χ2n) is 5.49. The molecule has 3 aromatic rings. The van der Waals surface area contributed by atoms with Gasteiger partial charge in [0.15, 0.2) is 5.65 Å². The number of aromatic amines is 1. The Morgan fingerprint density at radius 3 is 2.52 bits per heavy atom. The number of fused-ring (bicyclic) bond motifs is 1. The first-order valence-corrected chi connectivity index (χ1v) is 7.27. The molecule has 7 nitrogen and oxygen atoms in total. The number of alkyl halides is 3. The minimum Gasteiger partial charge on any atom is -0.390 e. The number of anilines is 1. The van der Waals surface area contributed by atoms with Crippen LogP contribution in [0.25, 0.3) is 11.0 Å². The molecule has 1 aromatic carbocycles. The van der Waals surface area contributed by atoms with Crippen molar-refractivity contribution >= 4 is 17.0 Å². The van der Waals surface area contributed by atoms with E-state index >= 15 is 0 Å². The van der Waals surface area contributed by atoms with Gasteiger partial charge < -0.3 is 10.8 Å². The Kier molecular flexibility index (Phi) is 3.99. The highest BCUT2D eigenvalue weighted by atomic mass is 19.4. The van der Waals surface area contributed by atoms with E-state index < -0.39 is 29.9 Å². The molecule has 0 fully saturated rings. The van der Waals surface area contributed by atoms with Gasteiger partial charge in [-0.05, 0) is 24.6 Å². The largest absolute Gasteiger partial charge is 0.416 e. The molecule has 132 valence electrons. The van der Waals surface area contributed by atoms with E-state index in [0.717, 1.165) is 12.1 Å². The van der Waals surface area contributed by atoms with E-state index in [1.807, 2.05) is 0 Å². The van der Waals surface area contributed by atoms with E-state index in [1.54, 1.807) is 6.92 Å². The zero-order valence-electron chi connectivity index (χ0n) is 13.0. The highest BCUT2D eigenvalue weighted by Crippen LogP contribution is 2.31. The van der Waals surface area contributed by atoms with Gasteiger partial charge in [-0.3, -0.25) is 9.78 Å². The fourth-order valence-corrected chi connectivity index (χ4v) is 2.60. The fraction of sp³-hybridized carbons (Fsp3) is 0.267. The molecule has 0 amide bonds. The summed E-state index contributed by atoms with van der Waals surface area (Å²) in [7, 11) is 0. The standard InChI is InChI=1S/C15H14F3N5O2/c1-7(8-2-4-9(5-3-8)15(16,17)18)23-12-11(10(6-24)22-23)13(25)21-14(19)20-12/h2-5,7,24H,6H2,1H3,(H3,19,20,21,25)/t7-/m0/s1. The number of rotatable bonds is 3. The van der Waals surface area contributed by atoms with Crippen LogP contribution in [-0.4, -0.2) is 24.9 Å². The number of aliphatic hydroxyl groups excluding tert-OH is 1. The molecule has 4 N–H and O–H groups in total. The summed E-state index contributed by atoms with van der Waals surface area (Å²) in [5.74, 6) is -0.122. The van der Waals surface area contributed by atoms with E-state index in [0.29, 0.717) is 5.56 Å². The second kappa shape index (κ2) is 5.88. The number of H-pyrrole nitrogens is 1. The monoisotopic (exact) mass is 353 g/mol. The van der Waals surface area contributed by atoms with E-state index in [-0.39, 0.29) is 22.7 Å². The number of nitrogen functional groups attached to an aromatic ring is 1. The van der Waals surface area contributed by atoms with Crippen molar-refractivity contribution in [3.05, 3.63) is 51.4 Å². The molecular formula is C15H14F3N5O2. The average Bonchev–Trinajstić information content (AvgIpc) is 2.92. The SMILES string of the molecule is C[C@@H](c1ccc(C(F)(F)F)cc1)n1nc(CO)c2c(=O)[nH]c(N)nc21. The first-order valence-electron chi connectivity index (χ1n) is 7.27. The van der Waals surface area contributed by atoms with Gasteiger partial charge in [-0.15, -0.1) is 0 Å². The lowest BCUT2D eigenvalue weighted by Gasteiger charge is -2.15. The van der Waals surface area contributed by atoms with Crippen LogP contribution >= 0.6 is 0 Å². The Balaban J connectivity index is 2.11. The normalized spacial score (nSPS) is 13.3. The molecule has 1 atom stereocenters. The molecule has 0 bridgehead atoms. The number of hydrogen-bond donors (Lipinski definition) is 3. The van der Waals surface area contributed by atoms with Crippen LogP contribution in [0.4, 0.5) is 19.1 Å². The van der Waals surface area contributed by atoms with Crippen molar-refractivity contribution in [1.82, 2.24) is 19.7 Å². The molecule has 0 aliphatic heterocycles. The number of benzene rings is 1. The van der Waals surface area contributed by atoms with Gasteiger partial charge in [0.05, 0.1) is 18.2 Å². The van der Waals surface area contributed by atoms with E-state index in [9.17, 15) is 23.1 Å². The van der Waals surface area contributed by atoms with Crippen molar-refractivity contribution in [3.63, 3.8) is 0 Å². The zero-order chi connectivity index (χ0) is 18.4. The molecule has 0 unspecified atom stereocenters. The Morgan fingerprint density at radius 2 is 1.96 bits per heavy atom. The second-order valence-corrected chi connectivity index (χ2v) is 5.49.